The molecule has 1 aromatic carbocycles. The van der Waals surface area contributed by atoms with Crippen molar-refractivity contribution in [1.29, 1.82) is 0 Å². The molecule has 3 aromatic rings. The lowest BCUT2D eigenvalue weighted by molar-refractivity contribution is 0.249. The first kappa shape index (κ1) is 19.5. The summed E-state index contributed by atoms with van der Waals surface area (Å²) in [4.78, 5) is 6.44. The van der Waals surface area contributed by atoms with Gasteiger partial charge in [-0.05, 0) is 43.7 Å². The number of nitrogens with one attached hydrogen (secondary N) is 2. The van der Waals surface area contributed by atoms with Gasteiger partial charge in [0.25, 0.3) is 0 Å². The number of hydrogen-bond acceptors (Lipinski definition) is 5. The molecule has 2 aromatic heterocycles. The van der Waals surface area contributed by atoms with Gasteiger partial charge >= 0.3 is 0 Å². The minimum absolute atomic E-state index is 0.157. The fraction of sp³-hybridized carbons (Fsp3) is 0.375. The molecule has 1 saturated carbocycles. The second-order valence-electron chi connectivity index (χ2n) is 8.64. The van der Waals surface area contributed by atoms with Crippen LogP contribution >= 0.6 is 11.6 Å². The first-order valence-corrected chi connectivity index (χ1v) is 11.0. The molecular formula is C24H27ClN4O. The summed E-state index contributed by atoms with van der Waals surface area (Å²) in [6.45, 7) is 5.68. The molecule has 5 nitrogen and oxygen atoms in total. The minimum Gasteiger partial charge on any atom is -0.459 e. The van der Waals surface area contributed by atoms with E-state index in [1.807, 2.05) is 18.3 Å². The van der Waals surface area contributed by atoms with E-state index < -0.39 is 0 Å². The Kier molecular flexibility index (Phi) is 4.95. The van der Waals surface area contributed by atoms with Gasteiger partial charge in [-0.3, -0.25) is 9.88 Å². The topological polar surface area (TPSA) is 53.3 Å². The first-order valence-electron chi connectivity index (χ1n) is 10.6. The zero-order chi connectivity index (χ0) is 20.7. The highest BCUT2D eigenvalue weighted by atomic mass is 35.5. The van der Waals surface area contributed by atoms with Crippen LogP contribution in [0.4, 0.5) is 5.69 Å². The van der Waals surface area contributed by atoms with Crippen molar-refractivity contribution in [1.82, 2.24) is 15.2 Å². The molecule has 3 heterocycles. The van der Waals surface area contributed by atoms with Gasteiger partial charge in [-0.2, -0.15) is 0 Å². The van der Waals surface area contributed by atoms with E-state index in [-0.39, 0.29) is 5.54 Å². The Balaban J connectivity index is 1.52. The molecule has 1 aliphatic carbocycles. The third kappa shape index (κ3) is 3.46. The van der Waals surface area contributed by atoms with Gasteiger partial charge < -0.3 is 15.1 Å². The smallest absolute Gasteiger partial charge is 0.142 e. The molecule has 0 radical (unpaired) electrons. The third-order valence-corrected chi connectivity index (χ3v) is 6.56. The maximum Gasteiger partial charge on any atom is 0.142 e. The second kappa shape index (κ2) is 7.64. The van der Waals surface area contributed by atoms with Gasteiger partial charge in [0.1, 0.15) is 11.3 Å². The molecule has 1 spiro atoms. The van der Waals surface area contributed by atoms with Gasteiger partial charge in [-0.15, -0.1) is 0 Å². The average Bonchev–Trinajstić information content (AvgIpc) is 3.10. The number of rotatable bonds is 4. The van der Waals surface area contributed by atoms with Crippen LogP contribution in [0.2, 0.25) is 5.02 Å². The summed E-state index contributed by atoms with van der Waals surface area (Å²) >= 11 is 6.72. The molecule has 30 heavy (non-hydrogen) atoms. The summed E-state index contributed by atoms with van der Waals surface area (Å²) < 4.78 is 6.47. The lowest BCUT2D eigenvalue weighted by Crippen LogP contribution is -2.48. The van der Waals surface area contributed by atoms with E-state index in [9.17, 15) is 0 Å². The molecule has 0 unspecified atom stereocenters. The van der Waals surface area contributed by atoms with Crippen molar-refractivity contribution in [3.05, 3.63) is 71.0 Å². The summed E-state index contributed by atoms with van der Waals surface area (Å²) in [5, 5.41) is 8.79. The van der Waals surface area contributed by atoms with Crippen LogP contribution in [-0.4, -0.2) is 16.9 Å². The van der Waals surface area contributed by atoms with Crippen LogP contribution in [0, 0.1) is 0 Å². The predicted molar refractivity (Wildman–Crippen MR) is 121 cm³/mol. The molecule has 0 saturated heterocycles. The zero-order valence-electron chi connectivity index (χ0n) is 17.3. The molecule has 156 valence electrons. The van der Waals surface area contributed by atoms with Crippen LogP contribution in [-0.2, 0) is 18.6 Å². The molecular weight excluding hydrogens is 396 g/mol. The van der Waals surface area contributed by atoms with Crippen LogP contribution < -0.4 is 10.6 Å². The van der Waals surface area contributed by atoms with E-state index in [1.54, 1.807) is 6.20 Å². The molecule has 0 amide bonds. The maximum atomic E-state index is 6.72. The maximum absolute atomic E-state index is 6.72. The quantitative estimate of drug-likeness (QED) is 0.559. The molecule has 1 fully saturated rings. The number of aromatic nitrogens is 1. The number of hydrogen-bond donors (Lipinski definition) is 2. The van der Waals surface area contributed by atoms with Crippen molar-refractivity contribution in [3.8, 4) is 0 Å². The molecule has 1 aliphatic heterocycles. The van der Waals surface area contributed by atoms with Crippen LogP contribution in [0.5, 0.6) is 0 Å². The van der Waals surface area contributed by atoms with Crippen molar-refractivity contribution in [2.45, 2.75) is 50.7 Å². The lowest BCUT2D eigenvalue weighted by atomic mass is 9.74. The van der Waals surface area contributed by atoms with Crippen LogP contribution in [0.1, 0.15) is 49.0 Å². The van der Waals surface area contributed by atoms with Gasteiger partial charge in [0, 0.05) is 29.9 Å². The van der Waals surface area contributed by atoms with Gasteiger partial charge in [0.2, 0.25) is 0 Å². The van der Waals surface area contributed by atoms with Gasteiger partial charge in [0.05, 0.1) is 28.6 Å². The van der Waals surface area contributed by atoms with E-state index in [4.69, 9.17) is 16.0 Å². The van der Waals surface area contributed by atoms with E-state index in [1.165, 1.54) is 30.4 Å². The number of fused-ring (bicyclic) bond motifs is 4. The molecule has 6 heteroatoms. The summed E-state index contributed by atoms with van der Waals surface area (Å²) in [6, 6.07) is 8.19. The Labute approximate surface area is 182 Å². The van der Waals surface area contributed by atoms with E-state index in [0.29, 0.717) is 0 Å². The minimum atomic E-state index is -0.157. The van der Waals surface area contributed by atoms with Crippen molar-refractivity contribution in [2.24, 2.45) is 0 Å². The summed E-state index contributed by atoms with van der Waals surface area (Å²) in [7, 11) is 2.10. The standard InChI is InChI=1S/C24H27ClN4O/c1-16-27-22-20(25)12-18-11-19(15-29(2)14-17-7-6-10-26-13-17)30-23(18)21(22)24(28-16)8-4-3-5-9-24/h6-7,10-13,27-28H,1,3-5,8-9,14-15H2,2H3. The van der Waals surface area contributed by atoms with Crippen LogP contribution in [0.3, 0.4) is 0 Å². The number of pyridine rings is 1. The fourth-order valence-corrected chi connectivity index (χ4v) is 5.31. The molecule has 5 rings (SSSR count). The van der Waals surface area contributed by atoms with Gasteiger partial charge in [-0.1, -0.05) is 43.5 Å². The third-order valence-electron chi connectivity index (χ3n) is 6.26. The van der Waals surface area contributed by atoms with Gasteiger partial charge in [0.15, 0.2) is 0 Å². The Hall–Kier alpha value is -2.50. The zero-order valence-corrected chi connectivity index (χ0v) is 18.1. The molecule has 0 atom stereocenters. The number of nitrogens with zero attached hydrogens (tertiary/aromatic N) is 2. The van der Waals surface area contributed by atoms with Gasteiger partial charge in [-0.25, -0.2) is 0 Å². The summed E-state index contributed by atoms with van der Waals surface area (Å²) in [5.74, 6) is 1.75. The second-order valence-corrected chi connectivity index (χ2v) is 9.05. The number of benzene rings is 1. The van der Waals surface area contributed by atoms with Crippen LogP contribution in [0.25, 0.3) is 11.0 Å². The van der Waals surface area contributed by atoms with Crippen LogP contribution in [0.15, 0.2) is 53.5 Å². The Bertz CT molecular complexity index is 1090. The Morgan fingerprint density at radius 1 is 1.23 bits per heavy atom. The normalized spacial score (nSPS) is 17.8. The van der Waals surface area contributed by atoms with Crippen molar-refractivity contribution in [3.63, 3.8) is 0 Å². The Morgan fingerprint density at radius 2 is 2.07 bits per heavy atom. The van der Waals surface area contributed by atoms with Crippen molar-refractivity contribution in [2.75, 3.05) is 12.4 Å². The summed E-state index contributed by atoms with van der Waals surface area (Å²) in [5.41, 5.74) is 4.08. The number of anilines is 1. The summed E-state index contributed by atoms with van der Waals surface area (Å²) in [6.07, 6.45) is 9.48. The highest BCUT2D eigenvalue weighted by Crippen LogP contribution is 2.49. The Morgan fingerprint density at radius 3 is 2.83 bits per heavy atom. The SMILES string of the molecule is C=C1Nc2c(Cl)cc3cc(CN(C)Cc4cccnc4)oc3c2C2(CCCCC2)N1. The van der Waals surface area contributed by atoms with E-state index in [2.05, 4.69) is 46.3 Å². The van der Waals surface area contributed by atoms with Crippen molar-refractivity contribution >= 4 is 28.3 Å². The average molecular weight is 423 g/mol. The predicted octanol–water partition coefficient (Wildman–Crippen LogP) is 5.76. The molecule has 2 aliphatic rings. The van der Waals surface area contributed by atoms with E-state index in [0.717, 1.165) is 59.2 Å². The largest absolute Gasteiger partial charge is 0.459 e. The lowest BCUT2D eigenvalue weighted by Gasteiger charge is -2.44. The number of furan rings is 1. The first-order chi connectivity index (χ1) is 14.5. The highest BCUT2D eigenvalue weighted by molar-refractivity contribution is 6.34. The monoisotopic (exact) mass is 422 g/mol. The molecule has 0 bridgehead atoms. The highest BCUT2D eigenvalue weighted by Gasteiger charge is 2.42. The van der Waals surface area contributed by atoms with Crippen molar-refractivity contribution < 1.29 is 4.42 Å². The fourth-order valence-electron chi connectivity index (χ4n) is 5.05. The number of halogens is 1. The van der Waals surface area contributed by atoms with E-state index >= 15 is 0 Å². The molecule has 2 N–H and O–H groups in total.